The Morgan fingerprint density at radius 1 is 0.885 bits per heavy atom. The van der Waals surface area contributed by atoms with Gasteiger partial charge < -0.3 is 0 Å². The summed E-state index contributed by atoms with van der Waals surface area (Å²) in [6.07, 6.45) is 4.12. The smallest absolute Gasteiger partial charge is 0.225 e. The standard InChI is InChI=1S/C18H22N2O4S2/c1-13(14-6-9-17(10-7-14)25(19,21)22)20-26(23,24)18-11-8-15-4-2-3-5-16(15)12-18/h6-13,20H,2-5H2,1H3,(H2,19,21,22)/t13-/m0/s1. The molecule has 0 amide bonds. The Hall–Kier alpha value is -1.74. The minimum atomic E-state index is -3.77. The van der Waals surface area contributed by atoms with Crippen LogP contribution in [0.2, 0.25) is 0 Å². The van der Waals surface area contributed by atoms with Gasteiger partial charge in [0.05, 0.1) is 9.79 Å². The fourth-order valence-electron chi connectivity index (χ4n) is 3.19. The summed E-state index contributed by atoms with van der Waals surface area (Å²) >= 11 is 0. The predicted molar refractivity (Wildman–Crippen MR) is 99.6 cm³/mol. The van der Waals surface area contributed by atoms with Crippen LogP contribution in [0.4, 0.5) is 0 Å². The summed E-state index contributed by atoms with van der Waals surface area (Å²) in [6, 6.07) is 10.6. The lowest BCUT2D eigenvalue weighted by atomic mass is 9.92. The summed E-state index contributed by atoms with van der Waals surface area (Å²) in [6.45, 7) is 1.71. The van der Waals surface area contributed by atoms with Crippen LogP contribution in [0.3, 0.4) is 0 Å². The number of sulfonamides is 2. The van der Waals surface area contributed by atoms with Crippen LogP contribution in [0.5, 0.6) is 0 Å². The molecule has 26 heavy (non-hydrogen) atoms. The average molecular weight is 395 g/mol. The summed E-state index contributed by atoms with van der Waals surface area (Å²) in [5.41, 5.74) is 2.98. The van der Waals surface area contributed by atoms with Crippen LogP contribution >= 0.6 is 0 Å². The Kier molecular flexibility index (Phi) is 5.21. The molecule has 2 aromatic carbocycles. The molecule has 0 radical (unpaired) electrons. The second-order valence-electron chi connectivity index (χ2n) is 6.59. The Bertz CT molecular complexity index is 1010. The first-order valence-corrected chi connectivity index (χ1v) is 11.5. The van der Waals surface area contributed by atoms with E-state index in [1.165, 1.54) is 17.7 Å². The van der Waals surface area contributed by atoms with Gasteiger partial charge in [0.15, 0.2) is 0 Å². The van der Waals surface area contributed by atoms with E-state index >= 15 is 0 Å². The molecule has 0 fully saturated rings. The predicted octanol–water partition coefficient (Wildman–Crippen LogP) is 2.25. The van der Waals surface area contributed by atoms with E-state index in [0.717, 1.165) is 31.2 Å². The summed E-state index contributed by atoms with van der Waals surface area (Å²) in [5, 5.41) is 5.08. The van der Waals surface area contributed by atoms with Gasteiger partial charge in [-0.1, -0.05) is 18.2 Å². The Labute approximate surface area is 154 Å². The number of hydrogen-bond donors (Lipinski definition) is 2. The van der Waals surface area contributed by atoms with Gasteiger partial charge in [-0.15, -0.1) is 0 Å². The second-order valence-corrected chi connectivity index (χ2v) is 9.87. The van der Waals surface area contributed by atoms with Crippen molar-refractivity contribution in [2.75, 3.05) is 0 Å². The molecular weight excluding hydrogens is 372 g/mol. The highest BCUT2D eigenvalue weighted by molar-refractivity contribution is 7.89. The van der Waals surface area contributed by atoms with Crippen LogP contribution in [0, 0.1) is 0 Å². The fourth-order valence-corrected chi connectivity index (χ4v) is 4.99. The molecule has 0 aliphatic heterocycles. The lowest BCUT2D eigenvalue weighted by molar-refractivity contribution is 0.566. The first-order chi connectivity index (χ1) is 12.2. The number of benzene rings is 2. The molecule has 0 unspecified atom stereocenters. The first kappa shape index (κ1) is 19.0. The van der Waals surface area contributed by atoms with Crippen LogP contribution in [0.15, 0.2) is 52.3 Å². The van der Waals surface area contributed by atoms with Crippen LogP contribution < -0.4 is 9.86 Å². The molecule has 0 saturated carbocycles. The van der Waals surface area contributed by atoms with Crippen LogP contribution in [-0.4, -0.2) is 16.8 Å². The number of primary sulfonamides is 1. The summed E-state index contributed by atoms with van der Waals surface area (Å²) in [7, 11) is -7.44. The van der Waals surface area contributed by atoms with E-state index in [0.29, 0.717) is 5.56 Å². The molecule has 0 saturated heterocycles. The van der Waals surface area contributed by atoms with Gasteiger partial charge in [-0.3, -0.25) is 0 Å². The maximum absolute atomic E-state index is 12.7. The van der Waals surface area contributed by atoms with Crippen molar-refractivity contribution in [1.29, 1.82) is 0 Å². The van der Waals surface area contributed by atoms with E-state index in [2.05, 4.69) is 4.72 Å². The summed E-state index contributed by atoms with van der Waals surface area (Å²) < 4.78 is 50.7. The Morgan fingerprint density at radius 2 is 1.46 bits per heavy atom. The van der Waals surface area contributed by atoms with Gasteiger partial charge in [0.25, 0.3) is 0 Å². The largest absolute Gasteiger partial charge is 0.241 e. The number of nitrogens with two attached hydrogens (primary N) is 1. The monoisotopic (exact) mass is 394 g/mol. The average Bonchev–Trinajstić information content (AvgIpc) is 2.60. The van der Waals surface area contributed by atoms with Crippen molar-refractivity contribution >= 4 is 20.0 Å². The number of rotatable bonds is 5. The topological polar surface area (TPSA) is 106 Å². The lowest BCUT2D eigenvalue weighted by Crippen LogP contribution is -2.27. The van der Waals surface area contributed by atoms with Gasteiger partial charge in [-0.25, -0.2) is 26.7 Å². The van der Waals surface area contributed by atoms with Gasteiger partial charge in [-0.2, -0.15) is 0 Å². The van der Waals surface area contributed by atoms with Crippen LogP contribution in [-0.2, 0) is 32.9 Å². The number of fused-ring (bicyclic) bond motifs is 1. The first-order valence-electron chi connectivity index (χ1n) is 8.44. The van der Waals surface area contributed by atoms with Crippen molar-refractivity contribution in [2.45, 2.75) is 48.4 Å². The minimum Gasteiger partial charge on any atom is -0.225 e. The summed E-state index contributed by atoms with van der Waals surface area (Å²) in [5.74, 6) is 0. The van der Waals surface area contributed by atoms with Gasteiger partial charge in [-0.05, 0) is 73.6 Å². The number of nitrogens with one attached hydrogen (secondary N) is 1. The number of aryl methyl sites for hydroxylation is 2. The normalized spacial score (nSPS) is 16.1. The van der Waals surface area contributed by atoms with E-state index in [1.54, 1.807) is 31.2 Å². The molecule has 3 N–H and O–H groups in total. The molecule has 8 heteroatoms. The molecule has 0 aromatic heterocycles. The van der Waals surface area contributed by atoms with Crippen molar-refractivity contribution in [2.24, 2.45) is 5.14 Å². The van der Waals surface area contributed by atoms with Crippen molar-refractivity contribution in [3.05, 3.63) is 59.2 Å². The van der Waals surface area contributed by atoms with Crippen molar-refractivity contribution < 1.29 is 16.8 Å². The van der Waals surface area contributed by atoms with Crippen LogP contribution in [0.25, 0.3) is 0 Å². The van der Waals surface area contributed by atoms with Gasteiger partial charge in [0.1, 0.15) is 0 Å². The molecule has 2 aromatic rings. The van der Waals surface area contributed by atoms with E-state index < -0.39 is 26.1 Å². The van der Waals surface area contributed by atoms with E-state index in [4.69, 9.17) is 5.14 Å². The van der Waals surface area contributed by atoms with Crippen LogP contribution in [0.1, 0.15) is 42.5 Å². The molecule has 140 valence electrons. The SMILES string of the molecule is C[C@H](NS(=O)(=O)c1ccc2c(c1)CCCC2)c1ccc(S(N)(=O)=O)cc1. The van der Waals surface area contributed by atoms with E-state index in [9.17, 15) is 16.8 Å². The molecule has 1 aliphatic carbocycles. The molecule has 1 aliphatic rings. The highest BCUT2D eigenvalue weighted by Gasteiger charge is 2.21. The minimum absolute atomic E-state index is 0.00834. The molecule has 6 nitrogen and oxygen atoms in total. The van der Waals surface area contributed by atoms with E-state index in [1.807, 2.05) is 6.07 Å². The summed E-state index contributed by atoms with van der Waals surface area (Å²) in [4.78, 5) is 0.247. The highest BCUT2D eigenvalue weighted by Crippen LogP contribution is 2.25. The van der Waals surface area contributed by atoms with Crippen molar-refractivity contribution in [3.8, 4) is 0 Å². The van der Waals surface area contributed by atoms with Crippen molar-refractivity contribution in [3.63, 3.8) is 0 Å². The maximum Gasteiger partial charge on any atom is 0.241 e. The highest BCUT2D eigenvalue weighted by atomic mass is 32.2. The molecule has 0 bridgehead atoms. The maximum atomic E-state index is 12.7. The zero-order valence-corrected chi connectivity index (χ0v) is 16.1. The molecule has 1 atom stereocenters. The third-order valence-electron chi connectivity index (χ3n) is 4.67. The Balaban J connectivity index is 1.80. The molecular formula is C18H22N2O4S2. The van der Waals surface area contributed by atoms with Gasteiger partial charge in [0.2, 0.25) is 20.0 Å². The number of hydrogen-bond acceptors (Lipinski definition) is 4. The Morgan fingerprint density at radius 3 is 2.08 bits per heavy atom. The third-order valence-corrected chi connectivity index (χ3v) is 7.14. The van der Waals surface area contributed by atoms with E-state index in [-0.39, 0.29) is 9.79 Å². The third kappa shape index (κ3) is 4.15. The molecule has 0 heterocycles. The zero-order valence-electron chi connectivity index (χ0n) is 14.5. The van der Waals surface area contributed by atoms with Crippen molar-refractivity contribution in [1.82, 2.24) is 4.72 Å². The fraction of sp³-hybridized carbons (Fsp3) is 0.333. The lowest BCUT2D eigenvalue weighted by Gasteiger charge is -2.18. The van der Waals surface area contributed by atoms with Gasteiger partial charge in [0, 0.05) is 6.04 Å². The quantitative estimate of drug-likeness (QED) is 0.811. The van der Waals surface area contributed by atoms with Gasteiger partial charge >= 0.3 is 0 Å². The zero-order chi connectivity index (χ0) is 18.9. The molecule has 3 rings (SSSR count). The second kappa shape index (κ2) is 7.11. The molecule has 0 spiro atoms.